The third-order valence-electron chi connectivity index (χ3n) is 0.728. The van der Waals surface area contributed by atoms with Gasteiger partial charge in [-0.3, -0.25) is 0 Å². The van der Waals surface area contributed by atoms with Gasteiger partial charge in [0.25, 0.3) is 0 Å². The lowest BCUT2D eigenvalue weighted by Gasteiger charge is -1.91. The Morgan fingerprint density at radius 1 is 1.33 bits per heavy atom. The molecular weight excluding hydrogens is 363 g/mol. The Bertz CT molecular complexity index is 176. The van der Waals surface area contributed by atoms with Gasteiger partial charge in [0.2, 0.25) is 0 Å². The quantitative estimate of drug-likeness (QED) is 0.509. The van der Waals surface area contributed by atoms with Crippen molar-refractivity contribution in [2.45, 2.75) is 0 Å². The first-order valence-corrected chi connectivity index (χ1v) is 4.70. The Balaban J connectivity index is 3.17. The van der Waals surface area contributed by atoms with Crippen LogP contribution in [0.1, 0.15) is 0 Å². The molecule has 0 saturated carbocycles. The fourth-order valence-electron chi connectivity index (χ4n) is 0.436. The Kier molecular flexibility index (Phi) is 2.97. The summed E-state index contributed by atoms with van der Waals surface area (Å²) in [6.45, 7) is 0. The largest absolute Gasteiger partial charge is 0.230 e. The first kappa shape index (κ1) is 8.00. The van der Waals surface area contributed by atoms with Gasteiger partial charge in [0.15, 0.2) is 0 Å². The number of rotatable bonds is 0. The molecular formula is C5H2ClI2N. The van der Waals surface area contributed by atoms with Crippen molar-refractivity contribution < 1.29 is 0 Å². The third kappa shape index (κ3) is 2.55. The predicted molar refractivity (Wildman–Crippen MR) is 54.7 cm³/mol. The van der Waals surface area contributed by atoms with E-state index in [9.17, 15) is 0 Å². The zero-order valence-corrected chi connectivity index (χ0v) is 9.31. The molecule has 0 spiro atoms. The van der Waals surface area contributed by atoms with E-state index < -0.39 is 0 Å². The zero-order valence-electron chi connectivity index (χ0n) is 4.24. The lowest BCUT2D eigenvalue weighted by atomic mass is 10.5. The summed E-state index contributed by atoms with van der Waals surface area (Å²) in [7, 11) is 0. The summed E-state index contributed by atoms with van der Waals surface area (Å²) in [5.74, 6) is 0. The molecule has 0 aliphatic carbocycles. The van der Waals surface area contributed by atoms with Crippen LogP contribution in [0.4, 0.5) is 0 Å². The average Bonchev–Trinajstić information content (AvgIpc) is 1.59. The molecule has 1 nitrogen and oxygen atoms in total. The monoisotopic (exact) mass is 365 g/mol. The van der Waals surface area contributed by atoms with Crippen molar-refractivity contribution >= 4 is 56.8 Å². The maximum absolute atomic E-state index is 5.63. The molecule has 0 amide bonds. The van der Waals surface area contributed by atoms with E-state index >= 15 is 0 Å². The van der Waals surface area contributed by atoms with E-state index in [1.165, 1.54) is 0 Å². The molecule has 0 atom stereocenters. The van der Waals surface area contributed by atoms with Crippen molar-refractivity contribution in [2.75, 3.05) is 0 Å². The molecule has 4 heteroatoms. The molecule has 1 heterocycles. The van der Waals surface area contributed by atoms with Crippen LogP contribution in [-0.4, -0.2) is 4.98 Å². The molecule has 1 aromatic rings. The minimum atomic E-state index is 0.561. The molecule has 0 N–H and O–H groups in total. The summed E-state index contributed by atoms with van der Waals surface area (Å²) in [4.78, 5) is 3.98. The van der Waals surface area contributed by atoms with Crippen LogP contribution in [0.2, 0.25) is 5.15 Å². The molecule has 0 fully saturated rings. The lowest BCUT2D eigenvalue weighted by Crippen LogP contribution is -1.81. The summed E-state index contributed by atoms with van der Waals surface area (Å²) in [6.07, 6.45) is 0. The van der Waals surface area contributed by atoms with Gasteiger partial charge in [0.05, 0.1) is 0 Å². The first-order valence-electron chi connectivity index (χ1n) is 2.17. The highest BCUT2D eigenvalue weighted by Gasteiger charge is 1.93. The summed E-state index contributed by atoms with van der Waals surface area (Å²) in [5.41, 5.74) is 0. The second-order valence-electron chi connectivity index (χ2n) is 1.43. The molecule has 0 radical (unpaired) electrons. The summed E-state index contributed by atoms with van der Waals surface area (Å²) in [6, 6.07) is 3.79. The van der Waals surface area contributed by atoms with Gasteiger partial charge in [0.1, 0.15) is 8.85 Å². The molecule has 0 saturated heterocycles. The van der Waals surface area contributed by atoms with Gasteiger partial charge in [-0.1, -0.05) is 11.6 Å². The van der Waals surface area contributed by atoms with Gasteiger partial charge in [-0.05, 0) is 57.3 Å². The lowest BCUT2D eigenvalue weighted by molar-refractivity contribution is 1.26. The maximum Gasteiger partial charge on any atom is 0.131 e. The minimum absolute atomic E-state index is 0.561. The Morgan fingerprint density at radius 3 is 2.44 bits per heavy atom. The SMILES string of the molecule is Clc1cc(I)cc(I)n1. The van der Waals surface area contributed by atoms with Crippen molar-refractivity contribution in [1.29, 1.82) is 0 Å². The molecule has 48 valence electrons. The summed E-state index contributed by atoms with van der Waals surface area (Å²) < 4.78 is 2.06. The van der Waals surface area contributed by atoms with Crippen LogP contribution in [-0.2, 0) is 0 Å². The summed E-state index contributed by atoms with van der Waals surface area (Å²) >= 11 is 9.96. The van der Waals surface area contributed by atoms with Gasteiger partial charge in [-0.2, -0.15) is 0 Å². The van der Waals surface area contributed by atoms with Gasteiger partial charge in [-0.15, -0.1) is 0 Å². The van der Waals surface area contributed by atoms with E-state index in [0.29, 0.717) is 5.15 Å². The predicted octanol–water partition coefficient (Wildman–Crippen LogP) is 2.94. The van der Waals surface area contributed by atoms with E-state index in [0.717, 1.165) is 7.27 Å². The van der Waals surface area contributed by atoms with E-state index in [2.05, 4.69) is 50.2 Å². The smallest absolute Gasteiger partial charge is 0.131 e. The fraction of sp³-hybridized carbons (Fsp3) is 0. The number of nitrogens with zero attached hydrogens (tertiary/aromatic N) is 1. The summed E-state index contributed by atoms with van der Waals surface area (Å²) in [5, 5.41) is 0.561. The van der Waals surface area contributed by atoms with E-state index in [1.54, 1.807) is 0 Å². The average molecular weight is 365 g/mol. The minimum Gasteiger partial charge on any atom is -0.230 e. The van der Waals surface area contributed by atoms with Gasteiger partial charge in [0, 0.05) is 3.57 Å². The van der Waals surface area contributed by atoms with Crippen molar-refractivity contribution in [3.8, 4) is 0 Å². The Labute approximate surface area is 85.5 Å². The molecule has 0 aliphatic heterocycles. The van der Waals surface area contributed by atoms with Crippen LogP contribution in [0, 0.1) is 7.27 Å². The number of aromatic nitrogens is 1. The standard InChI is InChI=1S/C5H2ClI2N/c6-4-1-3(7)2-5(8)9-4/h1-2H. The number of hydrogen-bond acceptors (Lipinski definition) is 1. The van der Waals surface area contributed by atoms with Crippen molar-refractivity contribution in [3.05, 3.63) is 24.6 Å². The van der Waals surface area contributed by atoms with Crippen molar-refractivity contribution in [1.82, 2.24) is 4.98 Å². The maximum atomic E-state index is 5.63. The zero-order chi connectivity index (χ0) is 6.85. The van der Waals surface area contributed by atoms with E-state index in [-0.39, 0.29) is 0 Å². The van der Waals surface area contributed by atoms with Gasteiger partial charge >= 0.3 is 0 Å². The molecule has 0 bridgehead atoms. The van der Waals surface area contributed by atoms with Gasteiger partial charge in [-0.25, -0.2) is 4.98 Å². The second-order valence-corrected chi connectivity index (χ2v) is 4.17. The fourth-order valence-corrected chi connectivity index (χ4v) is 2.75. The Hall–Kier alpha value is 0.900. The molecule has 0 aromatic carbocycles. The Morgan fingerprint density at radius 2 is 2.00 bits per heavy atom. The van der Waals surface area contributed by atoms with Gasteiger partial charge < -0.3 is 0 Å². The van der Waals surface area contributed by atoms with Crippen molar-refractivity contribution in [2.24, 2.45) is 0 Å². The normalized spacial score (nSPS) is 9.67. The van der Waals surface area contributed by atoms with Crippen LogP contribution >= 0.6 is 56.8 Å². The highest BCUT2D eigenvalue weighted by Crippen LogP contribution is 2.13. The third-order valence-corrected chi connectivity index (χ3v) is 2.10. The first-order chi connectivity index (χ1) is 4.18. The van der Waals surface area contributed by atoms with Crippen LogP contribution < -0.4 is 0 Å². The molecule has 0 unspecified atom stereocenters. The van der Waals surface area contributed by atoms with Crippen LogP contribution in [0.3, 0.4) is 0 Å². The number of pyridine rings is 1. The van der Waals surface area contributed by atoms with Crippen LogP contribution in [0.5, 0.6) is 0 Å². The second kappa shape index (κ2) is 3.34. The molecule has 1 aromatic heterocycles. The molecule has 9 heavy (non-hydrogen) atoms. The van der Waals surface area contributed by atoms with Crippen LogP contribution in [0.15, 0.2) is 12.1 Å². The highest BCUT2D eigenvalue weighted by atomic mass is 127. The number of hydrogen-bond donors (Lipinski definition) is 0. The van der Waals surface area contributed by atoms with Crippen LogP contribution in [0.25, 0.3) is 0 Å². The topological polar surface area (TPSA) is 12.9 Å². The highest BCUT2D eigenvalue weighted by molar-refractivity contribution is 14.1. The van der Waals surface area contributed by atoms with E-state index in [1.807, 2.05) is 12.1 Å². The molecule has 1 rings (SSSR count). The molecule has 0 aliphatic rings. The van der Waals surface area contributed by atoms with Crippen molar-refractivity contribution in [3.63, 3.8) is 0 Å². The number of halogens is 3. The van der Waals surface area contributed by atoms with E-state index in [4.69, 9.17) is 11.6 Å².